The fourth-order valence-electron chi connectivity index (χ4n) is 0.417. The van der Waals surface area contributed by atoms with Crippen LogP contribution in [-0.4, -0.2) is 38.7 Å². The molecule has 0 aliphatic carbocycles. The van der Waals surface area contributed by atoms with E-state index >= 15 is 0 Å². The molecule has 1 nitrogen and oxygen atoms in total. The van der Waals surface area contributed by atoms with Gasteiger partial charge in [-0.15, -0.1) is 0 Å². The van der Waals surface area contributed by atoms with Gasteiger partial charge >= 0.3 is 65.9 Å². The van der Waals surface area contributed by atoms with E-state index in [1.54, 1.807) is 33.7 Å². The molecule has 3 heteroatoms. The minimum absolute atomic E-state index is 1.15. The van der Waals surface area contributed by atoms with E-state index in [-0.39, 0.29) is 0 Å². The van der Waals surface area contributed by atoms with Crippen LogP contribution in [0.2, 0.25) is 0 Å². The Labute approximate surface area is 65.9 Å². The van der Waals surface area contributed by atoms with Crippen LogP contribution in [0.25, 0.3) is 0 Å². The van der Waals surface area contributed by atoms with Crippen molar-refractivity contribution in [1.29, 1.82) is 0 Å². The monoisotopic (exact) mass is 231 g/mol. The summed E-state index contributed by atoms with van der Waals surface area (Å²) in [6.45, 7) is 0. The average Bonchev–Trinajstić information content (AvgIpc) is 1.77. The molecule has 2 atom stereocenters. The second-order valence-corrected chi connectivity index (χ2v) is 4.16. The van der Waals surface area contributed by atoms with Crippen molar-refractivity contribution in [1.82, 2.24) is 4.98 Å². The van der Waals surface area contributed by atoms with Crippen LogP contribution in [0.3, 0.4) is 0 Å². The summed E-state index contributed by atoms with van der Waals surface area (Å²) in [6.07, 6.45) is 1.91. The topological polar surface area (TPSA) is 12.9 Å². The van der Waals surface area contributed by atoms with Gasteiger partial charge < -0.3 is 0 Å². The van der Waals surface area contributed by atoms with Gasteiger partial charge in [-0.25, -0.2) is 0 Å². The van der Waals surface area contributed by atoms with Crippen LogP contribution in [0.15, 0.2) is 18.3 Å². The summed E-state index contributed by atoms with van der Waals surface area (Å²) in [7, 11) is 0. The molecule has 0 radical (unpaired) electrons. The molecule has 0 aromatic carbocycles. The van der Waals surface area contributed by atoms with E-state index in [1.807, 2.05) is 6.20 Å². The van der Waals surface area contributed by atoms with Gasteiger partial charge in [0.15, 0.2) is 0 Å². The summed E-state index contributed by atoms with van der Waals surface area (Å²) in [5.41, 5.74) is 0. The van der Waals surface area contributed by atoms with E-state index in [0.717, 1.165) is 4.48 Å². The molecule has 0 aliphatic heterocycles. The molecular weight excluding hydrogens is 224 g/mol. The van der Waals surface area contributed by atoms with Crippen molar-refractivity contribution >= 4 is 42.5 Å². The first kappa shape index (κ1) is 6.39. The number of aromatic nitrogens is 1. The van der Waals surface area contributed by atoms with E-state index in [0.29, 0.717) is 0 Å². The molecule has 0 spiro atoms. The summed E-state index contributed by atoms with van der Waals surface area (Å²) in [5, 5.41) is 0. The molecular formula is C5H7As2N. The molecule has 1 heterocycles. The molecule has 1 rings (SSSR count). The summed E-state index contributed by atoms with van der Waals surface area (Å²) in [5.74, 6) is 0. The standard InChI is InChI=1S/C5H7As2N/c6-4-1-2-5(7)8-3-4/h1-3H,6-7H2. The van der Waals surface area contributed by atoms with Crippen molar-refractivity contribution in [2.75, 3.05) is 0 Å². The first-order valence-electron chi connectivity index (χ1n) is 2.26. The van der Waals surface area contributed by atoms with E-state index < -0.39 is 0 Å². The average molecular weight is 231 g/mol. The third-order valence-corrected chi connectivity index (χ3v) is 2.24. The van der Waals surface area contributed by atoms with Gasteiger partial charge in [0.05, 0.1) is 0 Å². The van der Waals surface area contributed by atoms with Gasteiger partial charge in [-0.3, -0.25) is 0 Å². The van der Waals surface area contributed by atoms with Gasteiger partial charge in [-0.2, -0.15) is 0 Å². The second kappa shape index (κ2) is 2.71. The zero-order valence-corrected chi connectivity index (χ0v) is 9.18. The van der Waals surface area contributed by atoms with Crippen LogP contribution < -0.4 is 8.83 Å². The molecule has 0 bridgehead atoms. The van der Waals surface area contributed by atoms with Gasteiger partial charge in [0.1, 0.15) is 0 Å². The van der Waals surface area contributed by atoms with Crippen LogP contribution in [-0.2, 0) is 0 Å². The number of nitrogens with zero attached hydrogens (tertiary/aromatic N) is 1. The van der Waals surface area contributed by atoms with E-state index in [4.69, 9.17) is 0 Å². The molecule has 0 amide bonds. The van der Waals surface area contributed by atoms with Gasteiger partial charge in [-0.1, -0.05) is 0 Å². The summed E-state index contributed by atoms with van der Waals surface area (Å²) in [6, 6.07) is 4.15. The Hall–Kier alpha value is 0.267. The Balaban J connectivity index is 3.03. The van der Waals surface area contributed by atoms with Crippen molar-refractivity contribution in [2.24, 2.45) is 0 Å². The van der Waals surface area contributed by atoms with Crippen LogP contribution in [0.4, 0.5) is 0 Å². The van der Waals surface area contributed by atoms with E-state index in [1.165, 1.54) is 4.35 Å². The van der Waals surface area contributed by atoms with Crippen LogP contribution in [0.5, 0.6) is 0 Å². The first-order valence-corrected chi connectivity index (χ1v) is 4.68. The Morgan fingerprint density at radius 2 is 2.00 bits per heavy atom. The molecule has 42 valence electrons. The summed E-state index contributed by atoms with van der Waals surface area (Å²) >= 11 is 3.20. The molecule has 0 N–H and O–H groups in total. The molecule has 2 unspecified atom stereocenters. The normalized spacial score (nSPS) is 9.25. The molecule has 8 heavy (non-hydrogen) atoms. The number of hydrogen-bond acceptors (Lipinski definition) is 1. The maximum atomic E-state index is 4.12. The van der Waals surface area contributed by atoms with Gasteiger partial charge in [0.25, 0.3) is 0 Å². The molecule has 0 saturated heterocycles. The van der Waals surface area contributed by atoms with Gasteiger partial charge in [-0.05, 0) is 0 Å². The third kappa shape index (κ3) is 1.65. The number of hydrogen-bond donors (Lipinski definition) is 0. The molecule has 0 saturated carbocycles. The predicted molar refractivity (Wildman–Crippen MR) is 40.6 cm³/mol. The molecule has 1 aromatic rings. The van der Waals surface area contributed by atoms with Crippen molar-refractivity contribution in [3.63, 3.8) is 0 Å². The summed E-state index contributed by atoms with van der Waals surface area (Å²) in [4.78, 5) is 4.12. The fraction of sp³-hybridized carbons (Fsp3) is 0. The van der Waals surface area contributed by atoms with Crippen LogP contribution in [0, 0.1) is 0 Å². The zero-order valence-electron chi connectivity index (χ0n) is 4.33. The van der Waals surface area contributed by atoms with E-state index in [9.17, 15) is 0 Å². The van der Waals surface area contributed by atoms with Crippen LogP contribution in [0.1, 0.15) is 0 Å². The number of pyridine rings is 1. The molecule has 0 fully saturated rings. The Morgan fingerprint density at radius 1 is 1.25 bits per heavy atom. The molecule has 0 aliphatic rings. The molecule has 1 aromatic heterocycles. The fourth-order valence-corrected chi connectivity index (χ4v) is 1.13. The summed E-state index contributed by atoms with van der Waals surface area (Å²) < 4.78 is 2.44. The zero-order chi connectivity index (χ0) is 5.98. The van der Waals surface area contributed by atoms with Crippen molar-refractivity contribution < 1.29 is 0 Å². The van der Waals surface area contributed by atoms with Crippen molar-refractivity contribution in [3.8, 4) is 0 Å². The quantitative estimate of drug-likeness (QED) is 0.453. The Kier molecular flexibility index (Phi) is 2.16. The maximum absolute atomic E-state index is 4.12. The Morgan fingerprint density at radius 3 is 2.38 bits per heavy atom. The van der Waals surface area contributed by atoms with Gasteiger partial charge in [0, 0.05) is 0 Å². The minimum atomic E-state index is 1.15. The third-order valence-electron chi connectivity index (χ3n) is 0.809. The first-order chi connectivity index (χ1) is 3.79. The SMILES string of the molecule is [AsH2]c1ccc([AsH2])nc1. The van der Waals surface area contributed by atoms with Gasteiger partial charge in [0.2, 0.25) is 0 Å². The van der Waals surface area contributed by atoms with E-state index in [2.05, 4.69) is 17.1 Å². The van der Waals surface area contributed by atoms with Crippen LogP contribution >= 0.6 is 0 Å². The van der Waals surface area contributed by atoms with Crippen molar-refractivity contribution in [2.45, 2.75) is 0 Å². The van der Waals surface area contributed by atoms with Crippen molar-refractivity contribution in [3.05, 3.63) is 18.3 Å². The Bertz CT molecular complexity index is 149. The number of rotatable bonds is 0. The second-order valence-electron chi connectivity index (χ2n) is 1.52. The predicted octanol–water partition coefficient (Wildman–Crippen LogP) is -2.40.